The highest BCUT2D eigenvalue weighted by atomic mass is 16.1. The minimum Gasteiger partial charge on any atom is -0.386 e. The smallest absolute Gasteiger partial charge is 0.267 e. The molecule has 112 valence electrons. The Labute approximate surface area is 133 Å². The summed E-state index contributed by atoms with van der Waals surface area (Å²) in [6.45, 7) is 0.468. The monoisotopic (exact) mass is 303 g/mol. The summed E-state index contributed by atoms with van der Waals surface area (Å²) in [6.07, 6.45) is 4.68. The Kier molecular flexibility index (Phi) is 5.45. The number of amides is 1. The van der Waals surface area contributed by atoms with E-state index in [4.69, 9.17) is 10.5 Å². The first-order valence-corrected chi connectivity index (χ1v) is 6.77. The number of carbonyl (C=O) groups excluding carboxylic acids is 1. The summed E-state index contributed by atoms with van der Waals surface area (Å²) in [5.41, 5.74) is 1.61. The average Bonchev–Trinajstić information content (AvgIpc) is 2.60. The van der Waals surface area contributed by atoms with E-state index in [0.717, 1.165) is 5.56 Å². The number of carbonyl (C=O) groups is 1. The van der Waals surface area contributed by atoms with E-state index in [-0.39, 0.29) is 5.57 Å². The maximum Gasteiger partial charge on any atom is 0.267 e. The van der Waals surface area contributed by atoms with Gasteiger partial charge in [-0.15, -0.1) is 0 Å². The second kappa shape index (κ2) is 7.96. The number of para-hydroxylation sites is 1. The first-order valence-electron chi connectivity index (χ1n) is 6.77. The van der Waals surface area contributed by atoms with Crippen molar-refractivity contribution >= 4 is 11.6 Å². The van der Waals surface area contributed by atoms with Crippen LogP contribution in [0.25, 0.3) is 0 Å². The average molecular weight is 303 g/mol. The molecule has 6 heteroatoms. The van der Waals surface area contributed by atoms with Crippen LogP contribution in [0.5, 0.6) is 0 Å². The van der Waals surface area contributed by atoms with Gasteiger partial charge in [0, 0.05) is 25.1 Å². The molecule has 1 aromatic carbocycles. The minimum atomic E-state index is -0.572. The Morgan fingerprint density at radius 3 is 2.61 bits per heavy atom. The van der Waals surface area contributed by atoms with Gasteiger partial charge in [-0.25, -0.2) is 0 Å². The Morgan fingerprint density at radius 2 is 1.91 bits per heavy atom. The maximum atomic E-state index is 12.1. The Hall–Kier alpha value is -3.64. The van der Waals surface area contributed by atoms with Crippen LogP contribution in [0.15, 0.2) is 60.6 Å². The van der Waals surface area contributed by atoms with E-state index in [2.05, 4.69) is 15.6 Å². The van der Waals surface area contributed by atoms with E-state index in [9.17, 15) is 4.79 Å². The van der Waals surface area contributed by atoms with Crippen LogP contribution in [0, 0.1) is 22.7 Å². The van der Waals surface area contributed by atoms with Gasteiger partial charge in [-0.2, -0.15) is 10.5 Å². The van der Waals surface area contributed by atoms with Gasteiger partial charge in [-0.05, 0) is 29.8 Å². The van der Waals surface area contributed by atoms with Crippen molar-refractivity contribution in [1.82, 2.24) is 10.3 Å². The quantitative estimate of drug-likeness (QED) is 0.650. The number of anilines is 1. The van der Waals surface area contributed by atoms with Gasteiger partial charge in [0.05, 0.1) is 11.3 Å². The van der Waals surface area contributed by atoms with Crippen LogP contribution in [-0.4, -0.2) is 10.9 Å². The first kappa shape index (κ1) is 15.7. The van der Waals surface area contributed by atoms with Crippen LogP contribution in [0.2, 0.25) is 0 Å². The summed E-state index contributed by atoms with van der Waals surface area (Å²) in [5.74, 6) is -0.572. The summed E-state index contributed by atoms with van der Waals surface area (Å²) in [6, 6.07) is 14.1. The van der Waals surface area contributed by atoms with Crippen molar-refractivity contribution in [2.75, 3.05) is 5.32 Å². The molecule has 0 saturated heterocycles. The number of pyridine rings is 1. The Morgan fingerprint density at radius 1 is 1.17 bits per heavy atom. The fraction of sp³-hybridized carbons (Fsp3) is 0.0588. The highest BCUT2D eigenvalue weighted by molar-refractivity contribution is 6.07. The zero-order chi connectivity index (χ0) is 16.5. The van der Waals surface area contributed by atoms with Crippen LogP contribution < -0.4 is 10.6 Å². The molecule has 0 saturated carbocycles. The van der Waals surface area contributed by atoms with E-state index < -0.39 is 5.91 Å². The number of nitriles is 2. The predicted octanol–water partition coefficient (Wildman–Crippen LogP) is 2.09. The number of nitrogens with one attached hydrogen (secondary N) is 2. The van der Waals surface area contributed by atoms with Gasteiger partial charge in [-0.1, -0.05) is 12.1 Å². The number of hydrogen-bond acceptors (Lipinski definition) is 5. The molecule has 2 aromatic rings. The number of nitrogens with zero attached hydrogens (tertiary/aromatic N) is 3. The fourth-order valence-corrected chi connectivity index (χ4v) is 1.80. The van der Waals surface area contributed by atoms with Crippen molar-refractivity contribution in [3.63, 3.8) is 0 Å². The van der Waals surface area contributed by atoms with E-state index >= 15 is 0 Å². The van der Waals surface area contributed by atoms with Crippen LogP contribution in [-0.2, 0) is 11.3 Å². The topological polar surface area (TPSA) is 102 Å². The number of rotatable bonds is 5. The summed E-state index contributed by atoms with van der Waals surface area (Å²) in [4.78, 5) is 16.0. The van der Waals surface area contributed by atoms with Gasteiger partial charge in [0.1, 0.15) is 17.7 Å². The number of benzene rings is 1. The zero-order valence-corrected chi connectivity index (χ0v) is 12.2. The second-order valence-electron chi connectivity index (χ2n) is 4.52. The summed E-state index contributed by atoms with van der Waals surface area (Å²) >= 11 is 0. The largest absolute Gasteiger partial charge is 0.386 e. The second-order valence-corrected chi connectivity index (χ2v) is 4.52. The van der Waals surface area contributed by atoms with Crippen LogP contribution in [0.4, 0.5) is 5.69 Å². The third-order valence-electron chi connectivity index (χ3n) is 2.96. The van der Waals surface area contributed by atoms with E-state index in [1.807, 2.05) is 24.3 Å². The van der Waals surface area contributed by atoms with Gasteiger partial charge in [-0.3, -0.25) is 9.78 Å². The molecule has 2 rings (SSSR count). The van der Waals surface area contributed by atoms with Gasteiger partial charge >= 0.3 is 0 Å². The molecule has 0 atom stereocenters. The van der Waals surface area contributed by atoms with Gasteiger partial charge in [0.15, 0.2) is 0 Å². The van der Waals surface area contributed by atoms with Crippen LogP contribution in [0.1, 0.15) is 11.1 Å². The van der Waals surface area contributed by atoms with Crippen molar-refractivity contribution in [2.24, 2.45) is 0 Å². The fourth-order valence-electron chi connectivity index (χ4n) is 1.80. The van der Waals surface area contributed by atoms with Gasteiger partial charge in [0.2, 0.25) is 0 Å². The molecule has 0 bridgehead atoms. The molecule has 1 amide bonds. The summed E-state index contributed by atoms with van der Waals surface area (Å²) < 4.78 is 0. The van der Waals surface area contributed by atoms with Gasteiger partial charge in [0.25, 0.3) is 5.91 Å². The molecule has 2 N–H and O–H groups in total. The third kappa shape index (κ3) is 4.42. The zero-order valence-electron chi connectivity index (χ0n) is 12.2. The lowest BCUT2D eigenvalue weighted by Crippen LogP contribution is -2.17. The number of hydrogen-bond donors (Lipinski definition) is 2. The summed E-state index contributed by atoms with van der Waals surface area (Å²) in [5, 5.41) is 23.6. The van der Waals surface area contributed by atoms with Crippen LogP contribution >= 0.6 is 0 Å². The lowest BCUT2D eigenvalue weighted by molar-refractivity contribution is -0.112. The number of aromatic nitrogens is 1. The molecule has 0 radical (unpaired) electrons. The molecule has 0 unspecified atom stereocenters. The molecule has 0 spiro atoms. The molecule has 0 fully saturated rings. The molecule has 0 aliphatic carbocycles. The highest BCUT2D eigenvalue weighted by Gasteiger charge is 2.11. The minimum absolute atomic E-state index is 0.0770. The van der Waals surface area contributed by atoms with E-state index in [1.165, 1.54) is 6.20 Å². The first-order chi connectivity index (χ1) is 11.2. The maximum absolute atomic E-state index is 12.1. The molecule has 6 nitrogen and oxygen atoms in total. The lowest BCUT2D eigenvalue weighted by atomic mass is 10.2. The molecule has 1 heterocycles. The Balaban J connectivity index is 2.03. The van der Waals surface area contributed by atoms with Crippen molar-refractivity contribution in [3.8, 4) is 12.1 Å². The lowest BCUT2D eigenvalue weighted by Gasteiger charge is -2.06. The standard InChI is InChI=1S/C17H13N5O/c18-9-14-3-1-2-4-16(14)22-17(23)15(10-19)12-21-11-13-5-7-20-8-6-13/h1-8,12,21H,11H2,(H,22,23)/b15-12-. The van der Waals surface area contributed by atoms with Crippen molar-refractivity contribution < 1.29 is 4.79 Å². The molecule has 0 aliphatic rings. The molecule has 23 heavy (non-hydrogen) atoms. The van der Waals surface area contributed by atoms with Crippen molar-refractivity contribution in [1.29, 1.82) is 10.5 Å². The molecular formula is C17H13N5O. The third-order valence-corrected chi connectivity index (χ3v) is 2.96. The predicted molar refractivity (Wildman–Crippen MR) is 84.6 cm³/mol. The SMILES string of the molecule is N#C/C(=C/NCc1ccncc1)C(=O)Nc1ccccc1C#N. The van der Waals surface area contributed by atoms with Crippen LogP contribution in [0.3, 0.4) is 0 Å². The molecule has 0 aliphatic heterocycles. The Bertz CT molecular complexity index is 800. The van der Waals surface area contributed by atoms with E-state index in [0.29, 0.717) is 17.8 Å². The van der Waals surface area contributed by atoms with Crippen molar-refractivity contribution in [3.05, 3.63) is 71.7 Å². The summed E-state index contributed by atoms with van der Waals surface area (Å²) in [7, 11) is 0. The highest BCUT2D eigenvalue weighted by Crippen LogP contribution is 2.14. The molecular weight excluding hydrogens is 290 g/mol. The molecule has 1 aromatic heterocycles. The van der Waals surface area contributed by atoms with Crippen molar-refractivity contribution in [2.45, 2.75) is 6.54 Å². The van der Waals surface area contributed by atoms with E-state index in [1.54, 1.807) is 36.7 Å². The normalized spacial score (nSPS) is 10.3. The van der Waals surface area contributed by atoms with Gasteiger partial charge < -0.3 is 10.6 Å².